The van der Waals surface area contributed by atoms with Crippen molar-refractivity contribution in [2.75, 3.05) is 34.3 Å². The average molecular weight is 373 g/mol. The van der Waals surface area contributed by atoms with E-state index in [0.717, 1.165) is 37.4 Å². The zero-order valence-corrected chi connectivity index (χ0v) is 16.9. The van der Waals surface area contributed by atoms with Gasteiger partial charge in [0.2, 0.25) is 5.91 Å². The molecule has 5 heteroatoms. The van der Waals surface area contributed by atoms with Crippen molar-refractivity contribution < 1.29 is 9.53 Å². The first kappa shape index (κ1) is 19.1. The molecular weight excluding hydrogens is 344 g/mol. The van der Waals surface area contributed by atoms with Gasteiger partial charge in [0.25, 0.3) is 0 Å². The molecule has 1 fully saturated rings. The fourth-order valence-electron chi connectivity index (χ4n) is 3.41. The molecule has 0 spiro atoms. The van der Waals surface area contributed by atoms with Crippen LogP contribution >= 0.6 is 11.8 Å². The Bertz CT molecular complexity index is 709. The number of amides is 1. The number of rotatable bonds is 5. The van der Waals surface area contributed by atoms with Crippen LogP contribution in [0, 0.1) is 5.92 Å². The van der Waals surface area contributed by atoms with E-state index in [0.29, 0.717) is 0 Å². The van der Waals surface area contributed by atoms with Crippen LogP contribution in [0.25, 0.3) is 0 Å². The number of benzene rings is 1. The summed E-state index contributed by atoms with van der Waals surface area (Å²) in [6.45, 7) is 3.65. The van der Waals surface area contributed by atoms with E-state index in [-0.39, 0.29) is 17.1 Å². The molecule has 1 heterocycles. The molecule has 140 valence electrons. The van der Waals surface area contributed by atoms with E-state index in [4.69, 9.17) is 4.74 Å². The van der Waals surface area contributed by atoms with E-state index in [9.17, 15) is 4.79 Å². The van der Waals surface area contributed by atoms with E-state index in [2.05, 4.69) is 36.1 Å². The molecule has 3 rings (SSSR count). The van der Waals surface area contributed by atoms with Crippen LogP contribution in [0.4, 0.5) is 0 Å². The largest absolute Gasteiger partial charge is 0.497 e. The molecule has 1 aliphatic carbocycles. The zero-order valence-electron chi connectivity index (χ0n) is 16.1. The molecule has 2 aliphatic rings. The van der Waals surface area contributed by atoms with Crippen LogP contribution in [0.15, 0.2) is 47.0 Å². The molecule has 0 saturated carbocycles. The van der Waals surface area contributed by atoms with Gasteiger partial charge in [-0.1, -0.05) is 31.2 Å². The molecule has 1 aliphatic heterocycles. The molecule has 2 atom stereocenters. The Labute approximate surface area is 160 Å². The summed E-state index contributed by atoms with van der Waals surface area (Å²) in [4.78, 5) is 18.7. The highest BCUT2D eigenvalue weighted by molar-refractivity contribution is 8.03. The highest BCUT2D eigenvalue weighted by atomic mass is 32.2. The summed E-state index contributed by atoms with van der Waals surface area (Å²) in [6.07, 6.45) is 6.58. The van der Waals surface area contributed by atoms with Crippen LogP contribution in [-0.2, 0) is 4.79 Å². The lowest BCUT2D eigenvalue weighted by Gasteiger charge is -2.28. The molecule has 0 bridgehead atoms. The molecule has 1 saturated heterocycles. The summed E-state index contributed by atoms with van der Waals surface area (Å²) in [7, 11) is 5.77. The number of allylic oxidation sites excluding steroid dienone is 2. The smallest absolute Gasteiger partial charge is 0.231 e. The fraction of sp³-hybridized carbons (Fsp3) is 0.476. The van der Waals surface area contributed by atoms with Gasteiger partial charge in [0, 0.05) is 23.2 Å². The molecular formula is C21H28N2O2S. The van der Waals surface area contributed by atoms with Crippen LogP contribution in [0.5, 0.6) is 5.75 Å². The summed E-state index contributed by atoms with van der Waals surface area (Å²) in [6, 6.07) is 8.13. The van der Waals surface area contributed by atoms with Crippen molar-refractivity contribution in [1.82, 2.24) is 9.80 Å². The minimum Gasteiger partial charge on any atom is -0.497 e. The number of thioether (sulfide) groups is 1. The summed E-state index contributed by atoms with van der Waals surface area (Å²) in [5, 5.41) is 0.116. The number of carbonyl (C=O) groups excluding carboxylic acids is 1. The third-order valence-electron chi connectivity index (χ3n) is 4.96. The van der Waals surface area contributed by atoms with Gasteiger partial charge in [0.05, 0.1) is 18.7 Å². The predicted molar refractivity (Wildman–Crippen MR) is 108 cm³/mol. The predicted octanol–water partition coefficient (Wildman–Crippen LogP) is 4.07. The lowest BCUT2D eigenvalue weighted by atomic mass is 9.98. The second-order valence-corrected chi connectivity index (χ2v) is 8.31. The summed E-state index contributed by atoms with van der Waals surface area (Å²) in [5.74, 6) is 0.983. The van der Waals surface area contributed by atoms with Crippen LogP contribution in [0.3, 0.4) is 0 Å². The van der Waals surface area contributed by atoms with Gasteiger partial charge >= 0.3 is 0 Å². The molecule has 0 N–H and O–H groups in total. The Kier molecular flexibility index (Phi) is 6.09. The van der Waals surface area contributed by atoms with Crippen molar-refractivity contribution >= 4 is 17.7 Å². The maximum absolute atomic E-state index is 13.3. The van der Waals surface area contributed by atoms with Crippen LogP contribution in [0.1, 0.15) is 30.6 Å². The number of hydrogen-bond acceptors (Lipinski definition) is 4. The first-order chi connectivity index (χ1) is 12.5. The van der Waals surface area contributed by atoms with Crippen LogP contribution in [-0.4, -0.2) is 50.0 Å². The van der Waals surface area contributed by atoms with Crippen molar-refractivity contribution in [2.45, 2.75) is 25.0 Å². The number of methoxy groups -OCH3 is 1. The highest BCUT2D eigenvalue weighted by Gasteiger charge is 2.37. The van der Waals surface area contributed by atoms with Gasteiger partial charge < -0.3 is 14.5 Å². The zero-order chi connectivity index (χ0) is 18.7. The van der Waals surface area contributed by atoms with E-state index in [1.54, 1.807) is 7.11 Å². The second-order valence-electron chi connectivity index (χ2n) is 7.13. The number of ether oxygens (including phenoxy) is 1. The number of hydrogen-bond donors (Lipinski definition) is 0. The standard InChI is InChI=1S/C21H28N2O2S/c1-15-20(16-9-11-17(25-4)12-10-16)26-19-8-6-5-7-18(19)23(21(15)24)14-13-22(2)3/h7-12,15,20H,5-6,13-14H2,1-4H3/t15?,20-/m0/s1. The molecule has 0 aromatic heterocycles. The highest BCUT2D eigenvalue weighted by Crippen LogP contribution is 2.48. The molecule has 26 heavy (non-hydrogen) atoms. The van der Waals surface area contributed by atoms with Crippen LogP contribution < -0.4 is 4.74 Å². The van der Waals surface area contributed by atoms with Gasteiger partial charge in [-0.05, 0) is 44.6 Å². The number of fused-ring (bicyclic) bond motifs is 1. The van der Waals surface area contributed by atoms with Gasteiger partial charge in [0.1, 0.15) is 5.75 Å². The maximum atomic E-state index is 13.3. The fourth-order valence-corrected chi connectivity index (χ4v) is 4.82. The topological polar surface area (TPSA) is 32.8 Å². The quantitative estimate of drug-likeness (QED) is 0.780. The average Bonchev–Trinajstić information content (AvgIpc) is 2.76. The minimum atomic E-state index is -0.0806. The van der Waals surface area contributed by atoms with Gasteiger partial charge in [-0.15, -0.1) is 11.8 Å². The lowest BCUT2D eigenvalue weighted by Crippen LogP contribution is -2.39. The lowest BCUT2D eigenvalue weighted by molar-refractivity contribution is -0.132. The van der Waals surface area contributed by atoms with Crippen molar-refractivity contribution in [1.29, 1.82) is 0 Å². The van der Waals surface area contributed by atoms with Gasteiger partial charge in [-0.2, -0.15) is 0 Å². The number of nitrogens with zero attached hydrogens (tertiary/aromatic N) is 2. The number of likely N-dealkylation sites (N-methyl/N-ethyl adjacent to an activating group) is 1. The van der Waals surface area contributed by atoms with Gasteiger partial charge in [0.15, 0.2) is 0 Å². The van der Waals surface area contributed by atoms with Gasteiger partial charge in [-0.25, -0.2) is 0 Å². The monoisotopic (exact) mass is 372 g/mol. The summed E-state index contributed by atoms with van der Waals surface area (Å²) in [5.41, 5.74) is 2.29. The first-order valence-electron chi connectivity index (χ1n) is 9.18. The molecule has 1 unspecified atom stereocenters. The minimum absolute atomic E-state index is 0.0806. The second kappa shape index (κ2) is 8.31. The van der Waals surface area contributed by atoms with E-state index < -0.39 is 0 Å². The van der Waals surface area contributed by atoms with Gasteiger partial charge in [-0.3, -0.25) is 4.79 Å². The Morgan fingerprint density at radius 1 is 1.19 bits per heavy atom. The van der Waals surface area contributed by atoms with Crippen molar-refractivity contribution in [3.63, 3.8) is 0 Å². The Hall–Kier alpha value is -1.72. The molecule has 4 nitrogen and oxygen atoms in total. The third-order valence-corrected chi connectivity index (χ3v) is 6.52. The van der Waals surface area contributed by atoms with Crippen molar-refractivity contribution in [2.24, 2.45) is 5.92 Å². The third kappa shape index (κ3) is 3.99. The molecule has 1 aromatic rings. The van der Waals surface area contributed by atoms with E-state index >= 15 is 0 Å². The molecule has 0 radical (unpaired) electrons. The van der Waals surface area contributed by atoms with E-state index in [1.807, 2.05) is 42.9 Å². The van der Waals surface area contributed by atoms with E-state index in [1.165, 1.54) is 10.5 Å². The number of carbonyl (C=O) groups is 1. The Morgan fingerprint density at radius 3 is 2.54 bits per heavy atom. The SMILES string of the molecule is COc1ccc([C@H]2SC3=CCCC=C3N(CCN(C)C)C(=O)C2C)cc1. The molecule has 1 aromatic carbocycles. The summed E-state index contributed by atoms with van der Waals surface area (Å²) < 4.78 is 5.28. The maximum Gasteiger partial charge on any atom is 0.231 e. The van der Waals surface area contributed by atoms with Crippen LogP contribution in [0.2, 0.25) is 0 Å². The van der Waals surface area contributed by atoms with Crippen molar-refractivity contribution in [3.05, 3.63) is 52.6 Å². The summed E-state index contributed by atoms with van der Waals surface area (Å²) >= 11 is 1.83. The Morgan fingerprint density at radius 2 is 1.88 bits per heavy atom. The normalized spacial score (nSPS) is 23.3. The Balaban J connectivity index is 1.93. The first-order valence-corrected chi connectivity index (χ1v) is 10.1. The molecule has 1 amide bonds. The van der Waals surface area contributed by atoms with Crippen molar-refractivity contribution in [3.8, 4) is 5.75 Å².